The summed E-state index contributed by atoms with van der Waals surface area (Å²) >= 11 is 7.91. The van der Waals surface area contributed by atoms with E-state index in [0.29, 0.717) is 6.10 Å². The summed E-state index contributed by atoms with van der Waals surface area (Å²) in [4.78, 5) is 1.28. The molecule has 0 aromatic heterocycles. The molecule has 0 amide bonds. The fraction of sp³-hybridized carbons (Fsp3) is 0.455. The first-order valence-electron chi connectivity index (χ1n) is 4.71. The van der Waals surface area contributed by atoms with Crippen LogP contribution in [0.3, 0.4) is 0 Å². The number of hydrogen-bond acceptors (Lipinski definition) is 2. The molecule has 1 aromatic rings. The van der Waals surface area contributed by atoms with Gasteiger partial charge in [-0.15, -0.1) is 23.4 Å². The van der Waals surface area contributed by atoms with Gasteiger partial charge in [-0.1, -0.05) is 17.7 Å². The zero-order chi connectivity index (χ0) is 9.97. The highest BCUT2D eigenvalue weighted by atomic mass is 35.5. The lowest BCUT2D eigenvalue weighted by Crippen LogP contribution is -2.09. The Hall–Kier alpha value is -0.180. The molecule has 0 spiro atoms. The Labute approximate surface area is 93.8 Å². The zero-order valence-electron chi connectivity index (χ0n) is 8.07. The van der Waals surface area contributed by atoms with Crippen LogP contribution in [-0.2, 0) is 4.74 Å². The summed E-state index contributed by atoms with van der Waals surface area (Å²) in [6.07, 6.45) is 0.301. The molecule has 2 unspecified atom stereocenters. The Bertz CT molecular complexity index is 295. The van der Waals surface area contributed by atoms with Crippen molar-refractivity contribution in [2.24, 2.45) is 0 Å². The summed E-state index contributed by atoms with van der Waals surface area (Å²) in [6, 6.07) is 8.52. The van der Waals surface area contributed by atoms with Gasteiger partial charge >= 0.3 is 0 Å². The first kappa shape index (κ1) is 10.3. The number of halogens is 1. The monoisotopic (exact) mass is 228 g/mol. The van der Waals surface area contributed by atoms with E-state index in [0.717, 1.165) is 12.4 Å². The van der Waals surface area contributed by atoms with Crippen LogP contribution >= 0.6 is 23.4 Å². The maximum absolute atomic E-state index is 6.11. The van der Waals surface area contributed by atoms with Crippen LogP contribution in [0.4, 0.5) is 0 Å². The number of alkyl halides is 1. The van der Waals surface area contributed by atoms with Crippen molar-refractivity contribution in [2.45, 2.75) is 23.3 Å². The Kier molecular flexibility index (Phi) is 3.37. The molecular weight excluding hydrogens is 216 g/mol. The number of epoxide rings is 1. The third-order valence-electron chi connectivity index (χ3n) is 2.19. The second-order valence-electron chi connectivity index (χ2n) is 3.51. The number of hydrogen-bond donors (Lipinski definition) is 0. The fourth-order valence-electron chi connectivity index (χ4n) is 1.18. The van der Waals surface area contributed by atoms with Crippen molar-refractivity contribution in [3.63, 3.8) is 0 Å². The van der Waals surface area contributed by atoms with Crippen molar-refractivity contribution in [2.75, 3.05) is 12.4 Å². The first-order chi connectivity index (χ1) is 6.75. The van der Waals surface area contributed by atoms with Crippen LogP contribution in [0.15, 0.2) is 29.2 Å². The van der Waals surface area contributed by atoms with Gasteiger partial charge in [0.2, 0.25) is 0 Å². The van der Waals surface area contributed by atoms with Crippen LogP contribution in [0.2, 0.25) is 0 Å². The maximum atomic E-state index is 6.11. The Morgan fingerprint density at radius 1 is 1.50 bits per heavy atom. The number of thioether (sulfide) groups is 1. The molecule has 2 atom stereocenters. The molecule has 1 aliphatic heterocycles. The van der Waals surface area contributed by atoms with E-state index in [-0.39, 0.29) is 5.38 Å². The van der Waals surface area contributed by atoms with Gasteiger partial charge in [0.25, 0.3) is 0 Å². The Morgan fingerprint density at radius 3 is 2.71 bits per heavy atom. The van der Waals surface area contributed by atoms with E-state index >= 15 is 0 Å². The van der Waals surface area contributed by atoms with E-state index in [9.17, 15) is 0 Å². The molecule has 76 valence electrons. The SMILES string of the molecule is Cc1ccc(SCC(Cl)C2CO2)cc1. The highest BCUT2D eigenvalue weighted by Crippen LogP contribution is 2.26. The quantitative estimate of drug-likeness (QED) is 0.446. The van der Waals surface area contributed by atoms with Gasteiger partial charge in [-0.2, -0.15) is 0 Å². The van der Waals surface area contributed by atoms with Crippen molar-refractivity contribution in [3.05, 3.63) is 29.8 Å². The summed E-state index contributed by atoms with van der Waals surface area (Å²) < 4.78 is 5.13. The highest BCUT2D eigenvalue weighted by Gasteiger charge is 2.30. The van der Waals surface area contributed by atoms with E-state index in [1.54, 1.807) is 11.8 Å². The molecule has 2 rings (SSSR count). The van der Waals surface area contributed by atoms with Crippen LogP contribution < -0.4 is 0 Å². The largest absolute Gasteiger partial charge is 0.371 e. The van der Waals surface area contributed by atoms with Gasteiger partial charge < -0.3 is 4.74 Å². The van der Waals surface area contributed by atoms with E-state index in [1.807, 2.05) is 0 Å². The molecule has 1 fully saturated rings. The predicted octanol–water partition coefficient (Wildman–Crippen LogP) is 3.09. The summed E-state index contributed by atoms with van der Waals surface area (Å²) in [6.45, 7) is 2.93. The normalized spacial score (nSPS) is 22.0. The van der Waals surface area contributed by atoms with Crippen LogP contribution in [0, 0.1) is 6.92 Å². The lowest BCUT2D eigenvalue weighted by molar-refractivity contribution is 0.407. The second kappa shape index (κ2) is 4.56. The van der Waals surface area contributed by atoms with Crippen LogP contribution in [-0.4, -0.2) is 23.8 Å². The molecule has 1 aromatic carbocycles. The predicted molar refractivity (Wildman–Crippen MR) is 61.3 cm³/mol. The summed E-state index contributed by atoms with van der Waals surface area (Å²) in [5.74, 6) is 0.926. The van der Waals surface area contributed by atoms with Gasteiger partial charge in [0.15, 0.2) is 0 Å². The lowest BCUT2D eigenvalue weighted by Gasteiger charge is -2.05. The first-order valence-corrected chi connectivity index (χ1v) is 6.13. The summed E-state index contributed by atoms with van der Waals surface area (Å²) in [7, 11) is 0. The molecule has 0 saturated carbocycles. The van der Waals surface area contributed by atoms with E-state index < -0.39 is 0 Å². The lowest BCUT2D eigenvalue weighted by atomic mass is 10.2. The van der Waals surface area contributed by atoms with E-state index in [4.69, 9.17) is 16.3 Å². The smallest absolute Gasteiger partial charge is 0.0981 e. The summed E-state index contributed by atoms with van der Waals surface area (Å²) in [5.41, 5.74) is 1.29. The Balaban J connectivity index is 1.82. The van der Waals surface area contributed by atoms with Gasteiger partial charge in [0.1, 0.15) is 0 Å². The van der Waals surface area contributed by atoms with Crippen LogP contribution in [0.5, 0.6) is 0 Å². The van der Waals surface area contributed by atoms with E-state index in [2.05, 4.69) is 31.2 Å². The van der Waals surface area contributed by atoms with Gasteiger partial charge in [-0.3, -0.25) is 0 Å². The van der Waals surface area contributed by atoms with Crippen molar-refractivity contribution >= 4 is 23.4 Å². The highest BCUT2D eigenvalue weighted by molar-refractivity contribution is 7.99. The third-order valence-corrected chi connectivity index (χ3v) is 3.94. The number of benzene rings is 1. The Morgan fingerprint density at radius 2 is 2.14 bits per heavy atom. The number of rotatable bonds is 4. The van der Waals surface area contributed by atoms with Gasteiger partial charge in [-0.05, 0) is 19.1 Å². The number of aryl methyl sites for hydroxylation is 1. The molecule has 14 heavy (non-hydrogen) atoms. The minimum Gasteiger partial charge on any atom is -0.371 e. The fourth-order valence-corrected chi connectivity index (χ4v) is 2.41. The molecule has 3 heteroatoms. The average Bonchev–Trinajstić information content (AvgIpc) is 3.00. The molecule has 0 N–H and O–H groups in total. The second-order valence-corrected chi connectivity index (χ2v) is 5.17. The molecular formula is C11H13ClOS. The van der Waals surface area contributed by atoms with Crippen molar-refractivity contribution < 1.29 is 4.74 Å². The number of ether oxygens (including phenoxy) is 1. The molecule has 1 saturated heterocycles. The molecule has 0 aliphatic carbocycles. The minimum atomic E-state index is 0.154. The van der Waals surface area contributed by atoms with Gasteiger partial charge in [0, 0.05) is 10.6 Å². The van der Waals surface area contributed by atoms with E-state index in [1.165, 1.54) is 10.5 Å². The standard InChI is InChI=1S/C11H13ClOS/c1-8-2-4-9(5-3-8)14-7-10(12)11-6-13-11/h2-5,10-11H,6-7H2,1H3. The van der Waals surface area contributed by atoms with Gasteiger partial charge in [-0.25, -0.2) is 0 Å². The molecule has 0 bridgehead atoms. The van der Waals surface area contributed by atoms with Gasteiger partial charge in [0.05, 0.1) is 18.1 Å². The third kappa shape index (κ3) is 2.91. The molecule has 1 aliphatic rings. The van der Waals surface area contributed by atoms with Crippen LogP contribution in [0.25, 0.3) is 0 Å². The maximum Gasteiger partial charge on any atom is 0.0981 e. The van der Waals surface area contributed by atoms with Crippen molar-refractivity contribution in [3.8, 4) is 0 Å². The topological polar surface area (TPSA) is 12.5 Å². The van der Waals surface area contributed by atoms with Crippen molar-refractivity contribution in [1.82, 2.24) is 0 Å². The van der Waals surface area contributed by atoms with Crippen molar-refractivity contribution in [1.29, 1.82) is 0 Å². The molecule has 1 heterocycles. The minimum absolute atomic E-state index is 0.154. The molecule has 1 nitrogen and oxygen atoms in total. The van der Waals surface area contributed by atoms with Crippen LogP contribution in [0.1, 0.15) is 5.56 Å². The molecule has 0 radical (unpaired) electrons. The summed E-state index contributed by atoms with van der Waals surface area (Å²) in [5, 5.41) is 0.154. The average molecular weight is 229 g/mol. The zero-order valence-corrected chi connectivity index (χ0v) is 9.65.